The minimum Gasteiger partial charge on any atom is -0.399 e. The van der Waals surface area contributed by atoms with E-state index >= 15 is 0 Å². The minimum atomic E-state index is -0.357. The Balaban J connectivity index is 1.88. The molecule has 1 heterocycles. The molecule has 0 aromatic heterocycles. The molecule has 1 aliphatic rings. The van der Waals surface area contributed by atoms with Gasteiger partial charge in [-0.05, 0) is 43.4 Å². The molecular weight excluding hydrogens is 330 g/mol. The summed E-state index contributed by atoms with van der Waals surface area (Å²) < 4.78 is 0. The normalized spacial score (nSPS) is 16.7. The van der Waals surface area contributed by atoms with Crippen molar-refractivity contribution in [3.05, 3.63) is 48.5 Å². The van der Waals surface area contributed by atoms with Crippen LogP contribution in [0.25, 0.3) is 0 Å². The summed E-state index contributed by atoms with van der Waals surface area (Å²) in [5.41, 5.74) is 17.7. The molecule has 0 saturated carbocycles. The molecule has 2 aromatic carbocycles. The Morgan fingerprint density at radius 1 is 0.923 bits per heavy atom. The summed E-state index contributed by atoms with van der Waals surface area (Å²) >= 11 is 0. The fourth-order valence-corrected chi connectivity index (χ4v) is 2.53. The summed E-state index contributed by atoms with van der Waals surface area (Å²) in [6.07, 6.45) is -0.357. The molecular formula is C17H23N9. The highest BCUT2D eigenvalue weighted by atomic mass is 15.6. The number of rotatable bonds is 4. The van der Waals surface area contributed by atoms with Crippen molar-refractivity contribution in [2.75, 3.05) is 36.2 Å². The summed E-state index contributed by atoms with van der Waals surface area (Å²) in [4.78, 5) is 9.12. The highest BCUT2D eigenvalue weighted by molar-refractivity contribution is 6.07. The first-order valence-corrected chi connectivity index (χ1v) is 8.14. The molecule has 9 nitrogen and oxygen atoms in total. The molecule has 1 aliphatic heterocycles. The van der Waals surface area contributed by atoms with Gasteiger partial charge in [-0.15, -0.1) is 0 Å². The first-order chi connectivity index (χ1) is 12.6. The van der Waals surface area contributed by atoms with Crippen molar-refractivity contribution in [2.24, 2.45) is 9.98 Å². The Bertz CT molecular complexity index is 830. The monoisotopic (exact) mass is 353 g/mol. The van der Waals surface area contributed by atoms with Crippen LogP contribution in [0.1, 0.15) is 0 Å². The van der Waals surface area contributed by atoms with Gasteiger partial charge in [0.2, 0.25) is 11.9 Å². The zero-order valence-corrected chi connectivity index (χ0v) is 14.7. The average molecular weight is 353 g/mol. The van der Waals surface area contributed by atoms with Gasteiger partial charge in [-0.1, -0.05) is 12.1 Å². The van der Waals surface area contributed by atoms with E-state index in [1.165, 1.54) is 0 Å². The number of anilines is 4. The van der Waals surface area contributed by atoms with Crippen LogP contribution in [0.5, 0.6) is 0 Å². The van der Waals surface area contributed by atoms with Crippen LogP contribution in [0.3, 0.4) is 0 Å². The lowest BCUT2D eigenvalue weighted by atomic mass is 10.3. The first kappa shape index (κ1) is 17.5. The van der Waals surface area contributed by atoms with Gasteiger partial charge in [0, 0.05) is 29.8 Å². The van der Waals surface area contributed by atoms with Gasteiger partial charge in [0.1, 0.15) is 0 Å². The molecule has 0 spiro atoms. The SMILES string of the molecule is CNC1N=C(Nc2cccc(N)c2)N=C(Nc2cccc(N)c2)N1NC. The maximum absolute atomic E-state index is 5.86. The Labute approximate surface area is 152 Å². The summed E-state index contributed by atoms with van der Waals surface area (Å²) in [6, 6.07) is 14.9. The summed E-state index contributed by atoms with van der Waals surface area (Å²) in [6.45, 7) is 0. The quantitative estimate of drug-likeness (QED) is 0.453. The molecule has 3 rings (SSSR count). The fraction of sp³-hybridized carbons (Fsp3) is 0.176. The number of benzene rings is 2. The fourth-order valence-electron chi connectivity index (χ4n) is 2.53. The van der Waals surface area contributed by atoms with Gasteiger partial charge >= 0.3 is 0 Å². The molecule has 26 heavy (non-hydrogen) atoms. The smallest absolute Gasteiger partial charge is 0.229 e. The molecule has 0 fully saturated rings. The number of hydrogen-bond acceptors (Lipinski definition) is 9. The van der Waals surface area contributed by atoms with Crippen molar-refractivity contribution in [1.29, 1.82) is 0 Å². The highest BCUT2D eigenvalue weighted by Gasteiger charge is 2.25. The topological polar surface area (TPSA) is 128 Å². The lowest BCUT2D eigenvalue weighted by Gasteiger charge is -2.33. The second-order valence-corrected chi connectivity index (χ2v) is 5.64. The molecule has 9 heteroatoms. The molecule has 0 bridgehead atoms. The zero-order chi connectivity index (χ0) is 18.5. The summed E-state index contributed by atoms with van der Waals surface area (Å²) in [5, 5.41) is 11.3. The van der Waals surface area contributed by atoms with Crippen LogP contribution in [0.15, 0.2) is 58.5 Å². The largest absolute Gasteiger partial charge is 0.399 e. The van der Waals surface area contributed by atoms with Gasteiger partial charge in [-0.2, -0.15) is 4.99 Å². The second kappa shape index (κ2) is 7.72. The van der Waals surface area contributed by atoms with Crippen molar-refractivity contribution < 1.29 is 0 Å². The maximum Gasteiger partial charge on any atom is 0.229 e. The van der Waals surface area contributed by atoms with Crippen LogP contribution in [-0.2, 0) is 0 Å². The van der Waals surface area contributed by atoms with Crippen LogP contribution in [0, 0.1) is 0 Å². The predicted molar refractivity (Wildman–Crippen MR) is 108 cm³/mol. The number of nitrogen functional groups attached to an aromatic ring is 2. The lowest BCUT2D eigenvalue weighted by Crippen LogP contribution is -2.57. The van der Waals surface area contributed by atoms with Crippen LogP contribution in [0.2, 0.25) is 0 Å². The van der Waals surface area contributed by atoms with Gasteiger partial charge in [0.05, 0.1) is 0 Å². The molecule has 136 valence electrons. The average Bonchev–Trinajstić information content (AvgIpc) is 2.61. The Morgan fingerprint density at radius 2 is 1.54 bits per heavy atom. The molecule has 2 aromatic rings. The number of hydrogen-bond donors (Lipinski definition) is 6. The number of nitrogens with two attached hydrogens (primary N) is 2. The van der Waals surface area contributed by atoms with E-state index in [0.717, 1.165) is 11.4 Å². The van der Waals surface area contributed by atoms with Crippen molar-refractivity contribution in [2.45, 2.75) is 6.29 Å². The number of nitrogens with zero attached hydrogens (tertiary/aromatic N) is 3. The number of aliphatic imine (C=N–C) groups is 2. The highest BCUT2D eigenvalue weighted by Crippen LogP contribution is 2.16. The minimum absolute atomic E-state index is 0.357. The number of nitrogens with one attached hydrogen (secondary N) is 4. The van der Waals surface area contributed by atoms with Gasteiger partial charge in [-0.25, -0.2) is 15.4 Å². The predicted octanol–water partition coefficient (Wildman–Crippen LogP) is 1.04. The van der Waals surface area contributed by atoms with Crippen LogP contribution in [0.4, 0.5) is 22.7 Å². The van der Waals surface area contributed by atoms with E-state index in [4.69, 9.17) is 11.5 Å². The Morgan fingerprint density at radius 3 is 2.08 bits per heavy atom. The van der Waals surface area contributed by atoms with Crippen LogP contribution in [-0.4, -0.2) is 37.3 Å². The molecule has 0 amide bonds. The standard InChI is InChI=1S/C17H23N9/c1-20-16-24-15(22-13-7-3-5-11(18)9-13)25-17(26(16)21-2)23-14-8-4-6-12(19)10-14/h3-10,16,20-21H,18-19H2,1-2H3,(H2,22,23,24,25). The zero-order valence-electron chi connectivity index (χ0n) is 14.7. The molecule has 0 aliphatic carbocycles. The van der Waals surface area contributed by atoms with Crippen molar-refractivity contribution in [3.63, 3.8) is 0 Å². The third kappa shape index (κ3) is 4.02. The Hall–Kier alpha value is -3.30. The van der Waals surface area contributed by atoms with Crippen LogP contribution >= 0.6 is 0 Å². The number of hydrazine groups is 1. The van der Waals surface area contributed by atoms with Crippen LogP contribution < -0.4 is 32.8 Å². The van der Waals surface area contributed by atoms with Gasteiger partial charge in [-0.3, -0.25) is 5.32 Å². The van der Waals surface area contributed by atoms with Crippen molar-refractivity contribution >= 4 is 34.7 Å². The molecule has 1 atom stereocenters. The summed E-state index contributed by atoms with van der Waals surface area (Å²) in [5.74, 6) is 1.02. The molecule has 0 radical (unpaired) electrons. The van der Waals surface area contributed by atoms with E-state index in [2.05, 4.69) is 31.4 Å². The van der Waals surface area contributed by atoms with Gasteiger partial charge in [0.25, 0.3) is 0 Å². The third-order valence-corrected chi connectivity index (χ3v) is 3.71. The van der Waals surface area contributed by atoms with E-state index in [9.17, 15) is 0 Å². The van der Waals surface area contributed by atoms with Gasteiger partial charge < -0.3 is 22.1 Å². The first-order valence-electron chi connectivity index (χ1n) is 8.14. The van der Waals surface area contributed by atoms with Gasteiger partial charge in [0.15, 0.2) is 6.29 Å². The maximum atomic E-state index is 5.86. The molecule has 8 N–H and O–H groups in total. The van der Waals surface area contributed by atoms with E-state index in [-0.39, 0.29) is 6.29 Å². The molecule has 0 saturated heterocycles. The second-order valence-electron chi connectivity index (χ2n) is 5.64. The third-order valence-electron chi connectivity index (χ3n) is 3.71. The van der Waals surface area contributed by atoms with E-state index < -0.39 is 0 Å². The Kier molecular flexibility index (Phi) is 5.20. The summed E-state index contributed by atoms with van der Waals surface area (Å²) in [7, 11) is 3.62. The van der Waals surface area contributed by atoms with E-state index in [0.29, 0.717) is 23.3 Å². The van der Waals surface area contributed by atoms with Crippen molar-refractivity contribution in [3.8, 4) is 0 Å². The van der Waals surface area contributed by atoms with E-state index in [1.54, 1.807) is 12.1 Å². The van der Waals surface area contributed by atoms with E-state index in [1.807, 2.05) is 55.6 Å². The molecule has 1 unspecified atom stereocenters. The lowest BCUT2D eigenvalue weighted by molar-refractivity contribution is 0.223. The number of guanidine groups is 2. The van der Waals surface area contributed by atoms with Crippen molar-refractivity contribution in [1.82, 2.24) is 15.8 Å².